The van der Waals surface area contributed by atoms with Crippen molar-refractivity contribution in [3.05, 3.63) is 102 Å². The van der Waals surface area contributed by atoms with Gasteiger partial charge in [0.05, 0.1) is 11.5 Å². The number of nitrogen functional groups attached to an aromatic ring is 1. The molecule has 0 bridgehead atoms. The molecule has 0 saturated carbocycles. The van der Waals surface area contributed by atoms with Crippen LogP contribution in [0.5, 0.6) is 11.5 Å². The number of halogens is 6. The number of benzene rings is 3. The number of nitro benzene ring substituents is 1. The number of esters is 1. The maximum atomic E-state index is 14.2. The van der Waals surface area contributed by atoms with Gasteiger partial charge in [-0.2, -0.15) is 13.5 Å². The molecule has 4 aromatic rings. The van der Waals surface area contributed by atoms with Gasteiger partial charge in [-0.25, -0.2) is 13.8 Å². The van der Waals surface area contributed by atoms with Crippen molar-refractivity contribution in [1.29, 1.82) is 0 Å². The number of anilines is 1. The van der Waals surface area contributed by atoms with Crippen molar-refractivity contribution in [3.63, 3.8) is 0 Å². The SMILES string of the molecule is CCOC(=O)C(Cl)Cc1cc(-n2nc(C)n(C(F)F)c2=O)c(F)cc1Cl.CP(=O)(O)CCC(N)C(=O)O.Nc1c([N+](=O)[O-])ccc(Oc2ccccc2)c1Cl. The first-order valence-corrected chi connectivity index (χ1v) is 19.1. The minimum Gasteiger partial charge on any atom is -0.480 e. The van der Waals surface area contributed by atoms with E-state index in [0.717, 1.165) is 12.1 Å². The third-order valence-electron chi connectivity index (χ3n) is 6.92. The third kappa shape index (κ3) is 13.9. The van der Waals surface area contributed by atoms with Gasteiger partial charge in [0.2, 0.25) is 0 Å². The number of nitro groups is 1. The molecule has 0 aliphatic heterocycles. The predicted octanol–water partition coefficient (Wildman–Crippen LogP) is 6.55. The summed E-state index contributed by atoms with van der Waals surface area (Å²) in [6.45, 7) is 0.987. The predicted molar refractivity (Wildman–Crippen MR) is 199 cm³/mol. The van der Waals surface area contributed by atoms with Gasteiger partial charge in [-0.15, -0.1) is 16.7 Å². The van der Waals surface area contributed by atoms with Crippen LogP contribution >= 0.6 is 42.2 Å². The highest BCUT2D eigenvalue weighted by Crippen LogP contribution is 2.39. The molecule has 55 heavy (non-hydrogen) atoms. The molecule has 0 saturated heterocycles. The Morgan fingerprint density at radius 1 is 1.15 bits per heavy atom. The van der Waals surface area contributed by atoms with Crippen molar-refractivity contribution in [3.8, 4) is 17.2 Å². The number of ether oxygens (including phenoxy) is 2. The van der Waals surface area contributed by atoms with Crippen LogP contribution < -0.4 is 21.9 Å². The number of carboxylic acids is 1. The number of para-hydroxylation sites is 1. The largest absolute Gasteiger partial charge is 0.480 e. The summed E-state index contributed by atoms with van der Waals surface area (Å²) in [7, 11) is -3.10. The first-order valence-electron chi connectivity index (χ1n) is 15.6. The van der Waals surface area contributed by atoms with Crippen molar-refractivity contribution >= 4 is 65.5 Å². The van der Waals surface area contributed by atoms with E-state index < -0.39 is 53.7 Å². The van der Waals surface area contributed by atoms with Gasteiger partial charge >= 0.3 is 24.2 Å². The van der Waals surface area contributed by atoms with E-state index in [2.05, 4.69) is 5.10 Å². The molecule has 3 atom stereocenters. The number of aryl methyl sites for hydroxylation is 1. The summed E-state index contributed by atoms with van der Waals surface area (Å²) in [6, 6.07) is 12.6. The minimum absolute atomic E-state index is 0.0352. The molecule has 0 fully saturated rings. The molecule has 1 heterocycles. The molecule has 0 aliphatic carbocycles. The standard InChI is InChI=1S/C15H14Cl2F3N3O3.C12H9ClN2O3.C5H12NO4P/c1-3-26-13(24)10(17)4-8-5-12(11(18)6-9(8)16)23-15(25)22(14(19)20)7(2)21-23;13-11-10(18-8-4-2-1-3-5-8)7-6-9(12(11)14)15(16)17;1-11(9,10)3-2-4(6)5(7)8/h5-6,10,14H,3-4H2,1-2H3;1-7H,14H2;4H,2-3,6H2,1H3,(H,7,8)(H,9,10). The van der Waals surface area contributed by atoms with E-state index >= 15 is 0 Å². The lowest BCUT2D eigenvalue weighted by molar-refractivity contribution is -0.383. The number of hydrogen-bond donors (Lipinski definition) is 4. The Morgan fingerprint density at radius 2 is 1.76 bits per heavy atom. The van der Waals surface area contributed by atoms with E-state index in [-0.39, 0.29) is 74.4 Å². The summed E-state index contributed by atoms with van der Waals surface area (Å²) in [5.74, 6) is -2.20. The average Bonchev–Trinajstić information content (AvgIpc) is 3.40. The number of carbonyl (C=O) groups is 2. The number of nitrogens with two attached hydrogens (primary N) is 2. The molecule has 23 heteroatoms. The molecule has 16 nitrogen and oxygen atoms in total. The van der Waals surface area contributed by atoms with Crippen molar-refractivity contribution in [1.82, 2.24) is 14.3 Å². The van der Waals surface area contributed by atoms with Crippen LogP contribution in [0.3, 0.4) is 0 Å². The summed E-state index contributed by atoms with van der Waals surface area (Å²) >= 11 is 17.8. The molecule has 1 aromatic heterocycles. The Labute approximate surface area is 325 Å². The van der Waals surface area contributed by atoms with E-state index in [4.69, 9.17) is 65.7 Å². The van der Waals surface area contributed by atoms with E-state index in [1.807, 2.05) is 6.07 Å². The minimum atomic E-state index is -3.12. The molecule has 6 N–H and O–H groups in total. The van der Waals surface area contributed by atoms with Crippen LogP contribution in [-0.2, 0) is 25.3 Å². The zero-order valence-electron chi connectivity index (χ0n) is 29.1. The number of rotatable bonds is 13. The third-order valence-corrected chi connectivity index (χ3v) is 9.08. The smallest absolute Gasteiger partial charge is 0.355 e. The fraction of sp³-hybridized carbons (Fsp3) is 0.312. The van der Waals surface area contributed by atoms with Gasteiger partial charge in [-0.3, -0.25) is 24.3 Å². The molecule has 0 radical (unpaired) electrons. The molecule has 0 amide bonds. The summed E-state index contributed by atoms with van der Waals surface area (Å²) in [6.07, 6.45) is -0.115. The Hall–Kier alpha value is -4.65. The topological polar surface area (TPSA) is 245 Å². The lowest BCUT2D eigenvalue weighted by Gasteiger charge is -2.12. The van der Waals surface area contributed by atoms with Crippen LogP contribution in [0.15, 0.2) is 59.4 Å². The number of carboxylic acid groups (broad SMARTS) is 1. The maximum Gasteiger partial charge on any atom is 0.355 e. The normalized spacial score (nSPS) is 12.9. The second kappa shape index (κ2) is 20.9. The zero-order valence-corrected chi connectivity index (χ0v) is 32.2. The van der Waals surface area contributed by atoms with E-state index in [1.54, 1.807) is 31.2 Å². The van der Waals surface area contributed by atoms with Crippen molar-refractivity contribution in [2.75, 3.05) is 25.2 Å². The van der Waals surface area contributed by atoms with E-state index in [9.17, 15) is 42.2 Å². The van der Waals surface area contributed by atoms with E-state index in [1.165, 1.54) is 25.7 Å². The summed E-state index contributed by atoms with van der Waals surface area (Å²) in [5, 5.41) is 21.5. The van der Waals surface area contributed by atoms with Crippen LogP contribution in [0, 0.1) is 22.9 Å². The molecular weight excluding hydrogens is 823 g/mol. The molecule has 3 unspecified atom stereocenters. The number of aromatic nitrogens is 3. The maximum absolute atomic E-state index is 14.2. The highest BCUT2D eigenvalue weighted by molar-refractivity contribution is 7.57. The first-order chi connectivity index (χ1) is 25.6. The van der Waals surface area contributed by atoms with Crippen molar-refractivity contribution < 1.29 is 51.7 Å². The quantitative estimate of drug-likeness (QED) is 0.0278. The molecule has 300 valence electrons. The van der Waals surface area contributed by atoms with Crippen LogP contribution in [0.25, 0.3) is 5.69 Å². The van der Waals surface area contributed by atoms with Crippen molar-refractivity contribution in [2.45, 2.75) is 44.7 Å². The van der Waals surface area contributed by atoms with Gasteiger partial charge < -0.3 is 30.9 Å². The van der Waals surface area contributed by atoms with Gasteiger partial charge in [0.25, 0.3) is 5.69 Å². The first kappa shape index (κ1) is 46.5. The Kier molecular flexibility index (Phi) is 17.6. The molecular formula is C32H35Cl3F3N6O10P. The molecule has 3 aromatic carbocycles. The number of nitrogens with zero attached hydrogens (tertiary/aromatic N) is 4. The van der Waals surface area contributed by atoms with Crippen LogP contribution in [0.4, 0.5) is 24.5 Å². The van der Waals surface area contributed by atoms with Gasteiger partial charge in [0.15, 0.2) is 13.2 Å². The van der Waals surface area contributed by atoms with E-state index in [0.29, 0.717) is 10.4 Å². The fourth-order valence-electron chi connectivity index (χ4n) is 4.18. The van der Waals surface area contributed by atoms with Crippen LogP contribution in [0.2, 0.25) is 10.0 Å². The van der Waals surface area contributed by atoms with Crippen LogP contribution in [-0.4, -0.2) is 72.1 Å². The Morgan fingerprint density at radius 3 is 2.27 bits per heavy atom. The van der Waals surface area contributed by atoms with Gasteiger partial charge in [-0.05, 0) is 56.2 Å². The van der Waals surface area contributed by atoms with Gasteiger partial charge in [-0.1, -0.05) is 41.4 Å². The fourth-order valence-corrected chi connectivity index (χ4v) is 5.60. The number of aliphatic carboxylic acids is 1. The Bertz CT molecular complexity index is 2090. The number of hydrogen-bond acceptors (Lipinski definition) is 11. The molecule has 0 aliphatic rings. The monoisotopic (exact) mass is 856 g/mol. The second-order valence-electron chi connectivity index (χ2n) is 11.2. The summed E-state index contributed by atoms with van der Waals surface area (Å²) in [5.41, 5.74) is 8.97. The lowest BCUT2D eigenvalue weighted by Crippen LogP contribution is -2.30. The highest BCUT2D eigenvalue weighted by Gasteiger charge is 2.24. The average molecular weight is 858 g/mol. The Balaban J connectivity index is 0.000000312. The van der Waals surface area contributed by atoms with Gasteiger partial charge in [0, 0.05) is 30.3 Å². The number of alkyl halides is 3. The zero-order chi connectivity index (χ0) is 41.8. The lowest BCUT2D eigenvalue weighted by atomic mass is 10.1. The number of carbonyl (C=O) groups excluding carboxylic acids is 1. The summed E-state index contributed by atoms with van der Waals surface area (Å²) in [4.78, 5) is 52.7. The highest BCUT2D eigenvalue weighted by atomic mass is 35.5. The second-order valence-corrected chi connectivity index (χ2v) is 15.1. The van der Waals surface area contributed by atoms with Crippen LogP contribution in [0.1, 0.15) is 31.3 Å². The van der Waals surface area contributed by atoms with Gasteiger partial charge in [0.1, 0.15) is 45.1 Å². The molecule has 0 spiro atoms. The summed E-state index contributed by atoms with van der Waals surface area (Å²) < 4.78 is 61.6. The molecule has 4 rings (SSSR count). The van der Waals surface area contributed by atoms with Crippen molar-refractivity contribution in [2.24, 2.45) is 5.73 Å².